The number of likely N-dealkylation sites (N-methyl/N-ethyl adjacent to an activating group) is 1. The summed E-state index contributed by atoms with van der Waals surface area (Å²) in [6, 6.07) is 2.60. The number of carbonyl (C=O) groups excluding carboxylic acids is 1. The van der Waals surface area contributed by atoms with Gasteiger partial charge >= 0.3 is 5.97 Å². The van der Waals surface area contributed by atoms with Crippen molar-refractivity contribution in [3.8, 4) is 0 Å². The van der Waals surface area contributed by atoms with Crippen LogP contribution in [0.1, 0.15) is 18.2 Å². The molecule has 0 aromatic carbocycles. The van der Waals surface area contributed by atoms with Crippen LogP contribution in [0.25, 0.3) is 0 Å². The molecule has 0 radical (unpaired) electrons. The van der Waals surface area contributed by atoms with Crippen molar-refractivity contribution in [1.29, 1.82) is 0 Å². The SMILES string of the molecule is CCN(Cc1ccc(Cl)s1)C(=O)C(N)CC(=O)O. The summed E-state index contributed by atoms with van der Waals surface area (Å²) in [4.78, 5) is 24.9. The second-order valence-electron chi connectivity index (χ2n) is 3.76. The van der Waals surface area contributed by atoms with Gasteiger partial charge in [-0.1, -0.05) is 11.6 Å². The molecule has 0 aliphatic heterocycles. The molecule has 3 N–H and O–H groups in total. The molecule has 0 saturated carbocycles. The van der Waals surface area contributed by atoms with E-state index in [1.165, 1.54) is 16.2 Å². The van der Waals surface area contributed by atoms with Crippen molar-refractivity contribution in [1.82, 2.24) is 4.90 Å². The predicted octanol–water partition coefficient (Wildman–Crippen LogP) is 1.55. The Morgan fingerprint density at radius 2 is 2.22 bits per heavy atom. The second-order valence-corrected chi connectivity index (χ2v) is 5.56. The minimum atomic E-state index is -1.08. The molecule has 18 heavy (non-hydrogen) atoms. The molecule has 0 saturated heterocycles. The molecule has 0 fully saturated rings. The fraction of sp³-hybridized carbons (Fsp3) is 0.455. The first-order valence-electron chi connectivity index (χ1n) is 5.44. The standard InChI is InChI=1S/C11H15ClN2O3S/c1-2-14(6-7-3-4-9(12)18-7)11(17)8(13)5-10(15)16/h3-4,8H,2,5-6,13H2,1H3,(H,15,16). The van der Waals surface area contributed by atoms with Gasteiger partial charge < -0.3 is 15.7 Å². The highest BCUT2D eigenvalue weighted by Crippen LogP contribution is 2.22. The lowest BCUT2D eigenvalue weighted by Crippen LogP contribution is -2.44. The van der Waals surface area contributed by atoms with Crippen molar-refractivity contribution in [2.75, 3.05) is 6.54 Å². The van der Waals surface area contributed by atoms with E-state index in [-0.39, 0.29) is 12.3 Å². The minimum Gasteiger partial charge on any atom is -0.481 e. The van der Waals surface area contributed by atoms with Gasteiger partial charge in [0.1, 0.15) is 0 Å². The first-order valence-corrected chi connectivity index (χ1v) is 6.63. The van der Waals surface area contributed by atoms with Gasteiger partial charge in [0.25, 0.3) is 0 Å². The number of aliphatic carboxylic acids is 1. The van der Waals surface area contributed by atoms with Crippen LogP contribution >= 0.6 is 22.9 Å². The summed E-state index contributed by atoms with van der Waals surface area (Å²) >= 11 is 7.20. The van der Waals surface area contributed by atoms with Crippen molar-refractivity contribution in [3.63, 3.8) is 0 Å². The molecule has 1 unspecified atom stereocenters. The molecule has 1 rings (SSSR count). The maximum Gasteiger partial charge on any atom is 0.305 e. The second kappa shape index (κ2) is 6.72. The van der Waals surface area contributed by atoms with Crippen LogP contribution in [0.15, 0.2) is 12.1 Å². The lowest BCUT2D eigenvalue weighted by molar-refractivity contribution is -0.142. The highest BCUT2D eigenvalue weighted by Gasteiger charge is 2.22. The summed E-state index contributed by atoms with van der Waals surface area (Å²) in [5.74, 6) is -1.43. The van der Waals surface area contributed by atoms with Gasteiger partial charge in [0.05, 0.1) is 23.3 Å². The smallest absolute Gasteiger partial charge is 0.305 e. The van der Waals surface area contributed by atoms with Gasteiger partial charge in [0, 0.05) is 11.4 Å². The van der Waals surface area contributed by atoms with Gasteiger partial charge in [-0.15, -0.1) is 11.3 Å². The van der Waals surface area contributed by atoms with E-state index in [2.05, 4.69) is 0 Å². The molecule has 1 amide bonds. The molecule has 0 aliphatic rings. The van der Waals surface area contributed by atoms with Crippen LogP contribution in [0.5, 0.6) is 0 Å². The van der Waals surface area contributed by atoms with E-state index >= 15 is 0 Å². The summed E-state index contributed by atoms with van der Waals surface area (Å²) in [6.07, 6.45) is -0.361. The quantitative estimate of drug-likeness (QED) is 0.832. The average molecular weight is 291 g/mol. The zero-order valence-electron chi connectivity index (χ0n) is 9.93. The molecule has 5 nitrogen and oxygen atoms in total. The Morgan fingerprint density at radius 3 is 2.67 bits per heavy atom. The van der Waals surface area contributed by atoms with E-state index < -0.39 is 12.0 Å². The summed E-state index contributed by atoms with van der Waals surface area (Å²) in [5.41, 5.74) is 5.56. The molecular formula is C11H15ClN2O3S. The molecule has 0 spiro atoms. The van der Waals surface area contributed by atoms with Crippen LogP contribution in [0, 0.1) is 0 Å². The van der Waals surface area contributed by atoms with Crippen molar-refractivity contribution in [2.24, 2.45) is 5.73 Å². The molecule has 0 aliphatic carbocycles. The summed E-state index contributed by atoms with van der Waals surface area (Å²) in [7, 11) is 0. The largest absolute Gasteiger partial charge is 0.481 e. The third-order valence-electron chi connectivity index (χ3n) is 2.38. The first-order chi connectivity index (χ1) is 8.43. The summed E-state index contributed by atoms with van der Waals surface area (Å²) in [6.45, 7) is 2.70. The highest BCUT2D eigenvalue weighted by molar-refractivity contribution is 7.16. The van der Waals surface area contributed by atoms with Crippen molar-refractivity contribution in [2.45, 2.75) is 25.9 Å². The van der Waals surface area contributed by atoms with Gasteiger partial charge in [-0.3, -0.25) is 9.59 Å². The number of hydrogen-bond acceptors (Lipinski definition) is 4. The molecule has 7 heteroatoms. The number of nitrogens with zero attached hydrogens (tertiary/aromatic N) is 1. The van der Waals surface area contributed by atoms with Crippen molar-refractivity contribution < 1.29 is 14.7 Å². The summed E-state index contributed by atoms with van der Waals surface area (Å²) in [5, 5.41) is 8.61. The molecule has 100 valence electrons. The van der Waals surface area contributed by atoms with Crippen LogP contribution < -0.4 is 5.73 Å². The number of amides is 1. The van der Waals surface area contributed by atoms with E-state index in [9.17, 15) is 9.59 Å². The Morgan fingerprint density at radius 1 is 1.56 bits per heavy atom. The Balaban J connectivity index is 2.65. The van der Waals surface area contributed by atoms with E-state index in [0.29, 0.717) is 17.4 Å². The molecule has 1 heterocycles. The third-order valence-corrected chi connectivity index (χ3v) is 3.60. The highest BCUT2D eigenvalue weighted by atomic mass is 35.5. The fourth-order valence-corrected chi connectivity index (χ4v) is 2.58. The zero-order chi connectivity index (χ0) is 13.7. The van der Waals surface area contributed by atoms with E-state index in [4.69, 9.17) is 22.4 Å². The number of hydrogen-bond donors (Lipinski definition) is 2. The minimum absolute atomic E-state index is 0.357. The fourth-order valence-electron chi connectivity index (χ4n) is 1.48. The van der Waals surface area contributed by atoms with Crippen LogP contribution in [0.4, 0.5) is 0 Å². The maximum absolute atomic E-state index is 11.9. The monoisotopic (exact) mass is 290 g/mol. The Bertz CT molecular complexity index is 436. The lowest BCUT2D eigenvalue weighted by atomic mass is 10.2. The van der Waals surface area contributed by atoms with Crippen LogP contribution in [0.3, 0.4) is 0 Å². The number of carboxylic acid groups (broad SMARTS) is 1. The molecular weight excluding hydrogens is 276 g/mol. The Hall–Kier alpha value is -1.11. The molecule has 0 bridgehead atoms. The molecule has 1 atom stereocenters. The lowest BCUT2D eigenvalue weighted by Gasteiger charge is -2.23. The van der Waals surface area contributed by atoms with E-state index in [0.717, 1.165) is 4.88 Å². The van der Waals surface area contributed by atoms with Gasteiger partial charge in [-0.05, 0) is 19.1 Å². The van der Waals surface area contributed by atoms with Gasteiger partial charge in [0.15, 0.2) is 0 Å². The average Bonchev–Trinajstić information content (AvgIpc) is 2.70. The summed E-state index contributed by atoms with van der Waals surface area (Å²) < 4.78 is 0.656. The Kier molecular flexibility index (Phi) is 5.58. The Labute approximate surface area is 114 Å². The number of thiophene rings is 1. The number of rotatable bonds is 6. The number of carboxylic acids is 1. The van der Waals surface area contributed by atoms with Gasteiger partial charge in [-0.2, -0.15) is 0 Å². The van der Waals surface area contributed by atoms with E-state index in [1.54, 1.807) is 6.07 Å². The molecule has 1 aromatic rings. The molecule has 1 aromatic heterocycles. The first kappa shape index (κ1) is 14.9. The van der Waals surface area contributed by atoms with Crippen molar-refractivity contribution >= 4 is 34.8 Å². The van der Waals surface area contributed by atoms with E-state index in [1.807, 2.05) is 13.0 Å². The zero-order valence-corrected chi connectivity index (χ0v) is 11.5. The maximum atomic E-state index is 11.9. The number of nitrogens with two attached hydrogens (primary N) is 1. The van der Waals surface area contributed by atoms with Gasteiger partial charge in [-0.25, -0.2) is 0 Å². The third kappa shape index (κ3) is 4.29. The number of carbonyl (C=O) groups is 2. The van der Waals surface area contributed by atoms with Gasteiger partial charge in [0.2, 0.25) is 5.91 Å². The van der Waals surface area contributed by atoms with Crippen molar-refractivity contribution in [3.05, 3.63) is 21.3 Å². The van der Waals surface area contributed by atoms with Crippen LogP contribution in [-0.4, -0.2) is 34.5 Å². The normalized spacial score (nSPS) is 12.2. The number of halogens is 1. The predicted molar refractivity (Wildman–Crippen MR) is 70.6 cm³/mol. The van der Waals surface area contributed by atoms with Crippen LogP contribution in [-0.2, 0) is 16.1 Å². The topological polar surface area (TPSA) is 83.6 Å². The van der Waals surface area contributed by atoms with Crippen LogP contribution in [0.2, 0.25) is 4.34 Å².